The second kappa shape index (κ2) is 5.76. The van der Waals surface area contributed by atoms with Crippen molar-refractivity contribution in [1.29, 1.82) is 0 Å². The molecule has 2 rings (SSSR count). The van der Waals surface area contributed by atoms with Gasteiger partial charge in [0.1, 0.15) is 17.3 Å². The summed E-state index contributed by atoms with van der Waals surface area (Å²) in [6, 6.07) is 7.35. The standard InChI is InChI=1S/C14H16FNO3S/c1-10-6-13(11(2)19-10)8-16-20(17,18)9-12-4-3-5-14(15)7-12/h3-7,16H,8-9H2,1-2H3. The molecule has 0 bridgehead atoms. The Bertz CT molecular complexity index is 707. The molecule has 20 heavy (non-hydrogen) atoms. The second-order valence-electron chi connectivity index (χ2n) is 4.65. The lowest BCUT2D eigenvalue weighted by atomic mass is 10.2. The smallest absolute Gasteiger partial charge is 0.216 e. The van der Waals surface area contributed by atoms with Gasteiger partial charge in [0, 0.05) is 12.1 Å². The summed E-state index contributed by atoms with van der Waals surface area (Å²) in [5.74, 6) is 0.734. The molecule has 108 valence electrons. The molecule has 0 atom stereocenters. The van der Waals surface area contributed by atoms with Gasteiger partial charge in [0.15, 0.2) is 0 Å². The Morgan fingerprint density at radius 1 is 1.25 bits per heavy atom. The van der Waals surface area contributed by atoms with Gasteiger partial charge in [0.05, 0.1) is 5.75 Å². The predicted molar refractivity (Wildman–Crippen MR) is 74.0 cm³/mol. The number of rotatable bonds is 5. The molecule has 0 unspecified atom stereocenters. The Morgan fingerprint density at radius 2 is 2.00 bits per heavy atom. The quantitative estimate of drug-likeness (QED) is 0.923. The van der Waals surface area contributed by atoms with Crippen LogP contribution >= 0.6 is 0 Å². The third-order valence-electron chi connectivity index (χ3n) is 2.87. The van der Waals surface area contributed by atoms with Crippen LogP contribution in [0.2, 0.25) is 0 Å². The minimum absolute atomic E-state index is 0.167. The number of benzene rings is 1. The zero-order valence-electron chi connectivity index (χ0n) is 11.3. The van der Waals surface area contributed by atoms with E-state index in [4.69, 9.17) is 4.42 Å². The number of furan rings is 1. The summed E-state index contributed by atoms with van der Waals surface area (Å²) in [6.45, 7) is 3.75. The van der Waals surface area contributed by atoms with E-state index in [1.54, 1.807) is 26.0 Å². The summed E-state index contributed by atoms with van der Waals surface area (Å²) in [4.78, 5) is 0. The highest BCUT2D eigenvalue weighted by molar-refractivity contribution is 7.88. The zero-order chi connectivity index (χ0) is 14.8. The largest absolute Gasteiger partial charge is 0.466 e. The lowest BCUT2D eigenvalue weighted by Gasteiger charge is -2.06. The number of halogens is 1. The van der Waals surface area contributed by atoms with Gasteiger partial charge in [0.25, 0.3) is 0 Å². The van der Waals surface area contributed by atoms with Crippen molar-refractivity contribution in [3.8, 4) is 0 Å². The number of hydrogen-bond donors (Lipinski definition) is 1. The van der Waals surface area contributed by atoms with E-state index in [2.05, 4.69) is 4.72 Å². The van der Waals surface area contributed by atoms with E-state index in [0.717, 1.165) is 11.3 Å². The van der Waals surface area contributed by atoms with E-state index in [1.165, 1.54) is 18.2 Å². The molecule has 6 heteroatoms. The Morgan fingerprint density at radius 3 is 2.60 bits per heavy atom. The average Bonchev–Trinajstić information content (AvgIpc) is 2.65. The molecular formula is C14H16FNO3S. The summed E-state index contributed by atoms with van der Waals surface area (Å²) in [6.07, 6.45) is 0. The van der Waals surface area contributed by atoms with Crippen LogP contribution in [0.25, 0.3) is 0 Å². The topological polar surface area (TPSA) is 59.3 Å². The van der Waals surface area contributed by atoms with Gasteiger partial charge in [-0.15, -0.1) is 0 Å². The van der Waals surface area contributed by atoms with Crippen molar-refractivity contribution in [3.63, 3.8) is 0 Å². The van der Waals surface area contributed by atoms with E-state index in [0.29, 0.717) is 11.3 Å². The molecule has 1 N–H and O–H groups in total. The lowest BCUT2D eigenvalue weighted by molar-refractivity contribution is 0.500. The van der Waals surface area contributed by atoms with E-state index in [9.17, 15) is 12.8 Å². The summed E-state index contributed by atoms with van der Waals surface area (Å²) < 4.78 is 44.7. The molecule has 1 aromatic carbocycles. The van der Waals surface area contributed by atoms with Gasteiger partial charge in [-0.2, -0.15) is 0 Å². The minimum Gasteiger partial charge on any atom is -0.466 e. The summed E-state index contributed by atoms with van der Waals surface area (Å²) in [5.41, 5.74) is 1.21. The first-order valence-corrected chi connectivity index (χ1v) is 7.79. The number of hydrogen-bond acceptors (Lipinski definition) is 3. The maximum absolute atomic E-state index is 13.0. The van der Waals surface area contributed by atoms with Crippen molar-refractivity contribution in [2.75, 3.05) is 0 Å². The Balaban J connectivity index is 2.03. The van der Waals surface area contributed by atoms with Crippen LogP contribution in [0.15, 0.2) is 34.7 Å². The normalized spacial score (nSPS) is 11.8. The molecule has 0 aliphatic carbocycles. The van der Waals surface area contributed by atoms with E-state index in [1.807, 2.05) is 0 Å². The first-order chi connectivity index (χ1) is 9.35. The zero-order valence-corrected chi connectivity index (χ0v) is 12.1. The van der Waals surface area contributed by atoms with Crippen LogP contribution in [0.3, 0.4) is 0 Å². The Hall–Kier alpha value is -1.66. The molecular weight excluding hydrogens is 281 g/mol. The van der Waals surface area contributed by atoms with Crippen LogP contribution in [0.4, 0.5) is 4.39 Å². The highest BCUT2D eigenvalue weighted by Gasteiger charge is 2.13. The molecule has 0 fully saturated rings. The number of sulfonamides is 1. The molecule has 0 saturated heterocycles. The molecule has 1 heterocycles. The molecule has 1 aromatic heterocycles. The van der Waals surface area contributed by atoms with Gasteiger partial charge in [-0.05, 0) is 37.6 Å². The molecule has 0 saturated carbocycles. The Labute approximate surface area is 117 Å². The van der Waals surface area contributed by atoms with E-state index >= 15 is 0 Å². The van der Waals surface area contributed by atoms with Gasteiger partial charge in [-0.1, -0.05) is 12.1 Å². The average molecular weight is 297 g/mol. The molecule has 2 aromatic rings. The maximum atomic E-state index is 13.0. The molecule has 0 spiro atoms. The van der Waals surface area contributed by atoms with Crippen LogP contribution in [0, 0.1) is 19.7 Å². The van der Waals surface area contributed by atoms with Crippen LogP contribution in [0.1, 0.15) is 22.6 Å². The fourth-order valence-electron chi connectivity index (χ4n) is 1.94. The lowest BCUT2D eigenvalue weighted by Crippen LogP contribution is -2.24. The van der Waals surface area contributed by atoms with Crippen LogP contribution < -0.4 is 4.72 Å². The predicted octanol–water partition coefficient (Wildman–Crippen LogP) is 2.66. The highest BCUT2D eigenvalue weighted by atomic mass is 32.2. The summed E-state index contributed by atoms with van der Waals surface area (Å²) in [7, 11) is -3.52. The van der Waals surface area contributed by atoms with E-state index in [-0.39, 0.29) is 12.3 Å². The highest BCUT2D eigenvalue weighted by Crippen LogP contribution is 2.14. The van der Waals surface area contributed by atoms with Gasteiger partial charge in [0.2, 0.25) is 10.0 Å². The monoisotopic (exact) mass is 297 g/mol. The van der Waals surface area contributed by atoms with Gasteiger partial charge >= 0.3 is 0 Å². The van der Waals surface area contributed by atoms with Crippen molar-refractivity contribution in [2.45, 2.75) is 26.1 Å². The third kappa shape index (κ3) is 3.91. The van der Waals surface area contributed by atoms with E-state index < -0.39 is 15.8 Å². The third-order valence-corrected chi connectivity index (χ3v) is 4.17. The first-order valence-electron chi connectivity index (χ1n) is 6.13. The fraction of sp³-hybridized carbons (Fsp3) is 0.286. The van der Waals surface area contributed by atoms with Crippen LogP contribution in [-0.2, 0) is 22.3 Å². The minimum atomic E-state index is -3.52. The van der Waals surface area contributed by atoms with Gasteiger partial charge < -0.3 is 4.42 Å². The van der Waals surface area contributed by atoms with Crippen molar-refractivity contribution in [3.05, 3.63) is 58.8 Å². The number of nitrogens with one attached hydrogen (secondary N) is 1. The fourth-order valence-corrected chi connectivity index (χ4v) is 3.04. The Kier molecular flexibility index (Phi) is 4.25. The number of aryl methyl sites for hydroxylation is 2. The molecule has 0 aliphatic heterocycles. The van der Waals surface area contributed by atoms with Crippen LogP contribution in [0.5, 0.6) is 0 Å². The second-order valence-corrected chi connectivity index (χ2v) is 6.46. The van der Waals surface area contributed by atoms with Gasteiger partial charge in [-0.25, -0.2) is 17.5 Å². The summed E-state index contributed by atoms with van der Waals surface area (Å²) >= 11 is 0. The van der Waals surface area contributed by atoms with Crippen molar-refractivity contribution >= 4 is 10.0 Å². The molecule has 0 aliphatic rings. The first kappa shape index (κ1) is 14.7. The van der Waals surface area contributed by atoms with Crippen molar-refractivity contribution in [2.24, 2.45) is 0 Å². The maximum Gasteiger partial charge on any atom is 0.216 e. The van der Waals surface area contributed by atoms with Crippen molar-refractivity contribution < 1.29 is 17.2 Å². The van der Waals surface area contributed by atoms with Gasteiger partial charge in [-0.3, -0.25) is 0 Å². The molecule has 0 radical (unpaired) electrons. The molecule has 0 amide bonds. The SMILES string of the molecule is Cc1cc(CNS(=O)(=O)Cc2cccc(F)c2)c(C)o1. The van der Waals surface area contributed by atoms with Crippen LogP contribution in [-0.4, -0.2) is 8.42 Å². The summed E-state index contributed by atoms with van der Waals surface area (Å²) in [5, 5.41) is 0. The van der Waals surface area contributed by atoms with Crippen molar-refractivity contribution in [1.82, 2.24) is 4.72 Å². The molecule has 4 nitrogen and oxygen atoms in total.